The first-order chi connectivity index (χ1) is 6.63. The van der Waals surface area contributed by atoms with Crippen LogP contribution in [0.1, 0.15) is 26.2 Å². The van der Waals surface area contributed by atoms with Crippen LogP contribution in [0.2, 0.25) is 0 Å². The highest BCUT2D eigenvalue weighted by atomic mass is 127. The van der Waals surface area contributed by atoms with Gasteiger partial charge >= 0.3 is 11.9 Å². The Morgan fingerprint density at radius 1 is 1.36 bits per heavy atom. The molecule has 0 aromatic heterocycles. The smallest absolute Gasteiger partial charge is 0.309 e. The first-order valence-electron chi connectivity index (χ1n) is 4.46. The number of rotatable bonds is 6. The van der Waals surface area contributed by atoms with Crippen LogP contribution < -0.4 is 0 Å². The Labute approximate surface area is 97.5 Å². The summed E-state index contributed by atoms with van der Waals surface area (Å²) in [6.07, 6.45) is 0.927. The number of methoxy groups -OCH3 is 1. The molecule has 0 heterocycles. The van der Waals surface area contributed by atoms with Crippen molar-refractivity contribution in [2.75, 3.05) is 11.5 Å². The highest BCUT2D eigenvalue weighted by Crippen LogP contribution is 2.06. The predicted octanol–water partition coefficient (Wildman–Crippen LogP) is 1.70. The molecule has 14 heavy (non-hydrogen) atoms. The van der Waals surface area contributed by atoms with E-state index in [0.717, 1.165) is 6.42 Å². The molecule has 0 spiro atoms. The maximum absolute atomic E-state index is 11.1. The SMILES string of the molecule is CCCC(=O)OC(CI)CC(=O)OC. The van der Waals surface area contributed by atoms with Gasteiger partial charge in [0.1, 0.15) is 6.10 Å². The van der Waals surface area contributed by atoms with Crippen LogP contribution in [0.5, 0.6) is 0 Å². The van der Waals surface area contributed by atoms with Crippen LogP contribution in [0, 0.1) is 0 Å². The maximum Gasteiger partial charge on any atom is 0.309 e. The van der Waals surface area contributed by atoms with Gasteiger partial charge in [-0.05, 0) is 6.42 Å². The van der Waals surface area contributed by atoms with E-state index >= 15 is 0 Å². The molecule has 0 bridgehead atoms. The molecule has 4 nitrogen and oxygen atoms in total. The van der Waals surface area contributed by atoms with E-state index < -0.39 is 0 Å². The van der Waals surface area contributed by atoms with E-state index in [1.807, 2.05) is 6.92 Å². The van der Waals surface area contributed by atoms with E-state index in [0.29, 0.717) is 10.8 Å². The Morgan fingerprint density at radius 2 is 2.00 bits per heavy atom. The van der Waals surface area contributed by atoms with E-state index in [4.69, 9.17) is 4.74 Å². The van der Waals surface area contributed by atoms with Crippen molar-refractivity contribution in [1.29, 1.82) is 0 Å². The summed E-state index contributed by atoms with van der Waals surface area (Å²) in [6, 6.07) is 0. The molecule has 0 aliphatic rings. The minimum Gasteiger partial charge on any atom is -0.469 e. The lowest BCUT2D eigenvalue weighted by Crippen LogP contribution is -2.23. The lowest BCUT2D eigenvalue weighted by Gasteiger charge is -2.13. The van der Waals surface area contributed by atoms with Crippen molar-refractivity contribution in [3.05, 3.63) is 0 Å². The molecule has 0 saturated carbocycles. The third-order valence-electron chi connectivity index (χ3n) is 1.55. The van der Waals surface area contributed by atoms with Crippen molar-refractivity contribution >= 4 is 34.5 Å². The van der Waals surface area contributed by atoms with Gasteiger partial charge in [0.25, 0.3) is 0 Å². The van der Waals surface area contributed by atoms with Crippen LogP contribution in [-0.2, 0) is 19.1 Å². The predicted molar refractivity (Wildman–Crippen MR) is 60.3 cm³/mol. The minimum atomic E-state index is -0.359. The number of carbonyl (C=O) groups excluding carboxylic acids is 2. The van der Waals surface area contributed by atoms with Gasteiger partial charge in [-0.3, -0.25) is 9.59 Å². The molecule has 0 saturated heterocycles. The molecule has 1 atom stereocenters. The lowest BCUT2D eigenvalue weighted by atomic mass is 10.3. The Bertz CT molecular complexity index is 193. The zero-order chi connectivity index (χ0) is 11.0. The quantitative estimate of drug-likeness (QED) is 0.425. The summed E-state index contributed by atoms with van der Waals surface area (Å²) in [7, 11) is 1.32. The molecule has 0 aromatic carbocycles. The number of halogens is 1. The maximum atomic E-state index is 11.1. The van der Waals surface area contributed by atoms with Crippen molar-refractivity contribution in [3.63, 3.8) is 0 Å². The second-order valence-electron chi connectivity index (χ2n) is 2.80. The molecule has 0 rings (SSSR count). The van der Waals surface area contributed by atoms with Crippen molar-refractivity contribution in [2.45, 2.75) is 32.3 Å². The van der Waals surface area contributed by atoms with Crippen LogP contribution in [0.15, 0.2) is 0 Å². The molecular weight excluding hydrogens is 299 g/mol. The number of hydrogen-bond donors (Lipinski definition) is 0. The van der Waals surface area contributed by atoms with E-state index in [9.17, 15) is 9.59 Å². The number of carbonyl (C=O) groups is 2. The number of esters is 2. The molecule has 0 aliphatic carbocycles. The van der Waals surface area contributed by atoms with E-state index in [1.165, 1.54) is 7.11 Å². The molecule has 82 valence electrons. The summed E-state index contributed by atoms with van der Waals surface area (Å²) >= 11 is 2.08. The molecule has 0 N–H and O–H groups in total. The molecule has 1 unspecified atom stereocenters. The topological polar surface area (TPSA) is 52.6 Å². The lowest BCUT2D eigenvalue weighted by molar-refractivity contribution is -0.152. The fraction of sp³-hybridized carbons (Fsp3) is 0.778. The van der Waals surface area contributed by atoms with Crippen molar-refractivity contribution in [1.82, 2.24) is 0 Å². The van der Waals surface area contributed by atoms with Gasteiger partial charge in [-0.25, -0.2) is 0 Å². The van der Waals surface area contributed by atoms with Crippen molar-refractivity contribution in [3.8, 4) is 0 Å². The highest BCUT2D eigenvalue weighted by molar-refractivity contribution is 14.1. The molecule has 0 fully saturated rings. The monoisotopic (exact) mass is 314 g/mol. The minimum absolute atomic E-state index is 0.134. The molecule has 0 aromatic rings. The van der Waals surface area contributed by atoms with Crippen molar-refractivity contribution in [2.24, 2.45) is 0 Å². The summed E-state index contributed by atoms with van der Waals surface area (Å²) in [6.45, 7) is 1.90. The molecule has 0 amide bonds. The van der Waals surface area contributed by atoms with Gasteiger partial charge in [-0.2, -0.15) is 0 Å². The fourth-order valence-corrected chi connectivity index (χ4v) is 1.34. The van der Waals surface area contributed by atoms with E-state index in [1.54, 1.807) is 0 Å². The van der Waals surface area contributed by atoms with Crippen LogP contribution in [-0.4, -0.2) is 29.6 Å². The van der Waals surface area contributed by atoms with Crippen LogP contribution in [0.4, 0.5) is 0 Å². The van der Waals surface area contributed by atoms with Gasteiger partial charge in [0.05, 0.1) is 13.5 Å². The number of alkyl halides is 1. The van der Waals surface area contributed by atoms with Gasteiger partial charge in [0, 0.05) is 10.8 Å². The molecular formula is C9H15IO4. The Morgan fingerprint density at radius 3 is 2.43 bits per heavy atom. The third kappa shape index (κ3) is 6.17. The number of hydrogen-bond acceptors (Lipinski definition) is 4. The first kappa shape index (κ1) is 13.7. The standard InChI is InChI=1S/C9H15IO4/c1-3-4-8(11)14-7(6-10)5-9(12)13-2/h7H,3-6H2,1-2H3. The van der Waals surface area contributed by atoms with Crippen molar-refractivity contribution < 1.29 is 19.1 Å². The summed E-state index contributed by atoms with van der Waals surface area (Å²) in [5.41, 5.74) is 0. The van der Waals surface area contributed by atoms with Gasteiger partial charge < -0.3 is 9.47 Å². The Hall–Kier alpha value is -0.330. The zero-order valence-corrected chi connectivity index (χ0v) is 10.6. The average Bonchev–Trinajstić information content (AvgIpc) is 2.16. The van der Waals surface area contributed by atoms with E-state index in [-0.39, 0.29) is 24.5 Å². The summed E-state index contributed by atoms with van der Waals surface area (Å²) in [5.74, 6) is -0.603. The fourth-order valence-electron chi connectivity index (χ4n) is 0.846. The molecule has 0 radical (unpaired) electrons. The normalized spacial score (nSPS) is 11.9. The molecule has 0 aliphatic heterocycles. The summed E-state index contributed by atoms with van der Waals surface area (Å²) in [4.78, 5) is 22.0. The highest BCUT2D eigenvalue weighted by Gasteiger charge is 2.16. The van der Waals surface area contributed by atoms with Crippen LogP contribution >= 0.6 is 22.6 Å². The largest absolute Gasteiger partial charge is 0.469 e. The second-order valence-corrected chi connectivity index (χ2v) is 3.68. The van der Waals surface area contributed by atoms with Crippen LogP contribution in [0.3, 0.4) is 0 Å². The summed E-state index contributed by atoms with van der Waals surface area (Å²) in [5, 5.41) is 0. The van der Waals surface area contributed by atoms with Crippen LogP contribution in [0.25, 0.3) is 0 Å². The Balaban J connectivity index is 3.89. The van der Waals surface area contributed by atoms with Gasteiger partial charge in [0.15, 0.2) is 0 Å². The third-order valence-corrected chi connectivity index (χ3v) is 2.53. The zero-order valence-electron chi connectivity index (χ0n) is 8.42. The van der Waals surface area contributed by atoms with Gasteiger partial charge in [-0.1, -0.05) is 29.5 Å². The average molecular weight is 314 g/mol. The number of ether oxygens (including phenoxy) is 2. The van der Waals surface area contributed by atoms with E-state index in [2.05, 4.69) is 27.3 Å². The Kier molecular flexibility index (Phi) is 7.83. The van der Waals surface area contributed by atoms with Gasteiger partial charge in [0.2, 0.25) is 0 Å². The molecule has 5 heteroatoms. The summed E-state index contributed by atoms with van der Waals surface area (Å²) < 4.78 is 10.2. The first-order valence-corrected chi connectivity index (χ1v) is 5.98. The second kappa shape index (κ2) is 8.02. The van der Waals surface area contributed by atoms with Gasteiger partial charge in [-0.15, -0.1) is 0 Å².